The summed E-state index contributed by atoms with van der Waals surface area (Å²) in [5, 5.41) is 1.37. The van der Waals surface area contributed by atoms with Crippen LogP contribution in [0.2, 0.25) is 0 Å². The summed E-state index contributed by atoms with van der Waals surface area (Å²) < 4.78 is 6.83. The van der Waals surface area contributed by atoms with Crippen LogP contribution in [0.1, 0.15) is 11.3 Å². The van der Waals surface area contributed by atoms with Gasteiger partial charge in [0.1, 0.15) is 0 Å². The van der Waals surface area contributed by atoms with E-state index in [1.165, 1.54) is 21.4 Å². The Morgan fingerprint density at radius 2 is 2.28 bits per heavy atom. The zero-order chi connectivity index (χ0) is 12.4. The molecule has 0 N–H and O–H groups in total. The molecule has 3 rings (SSSR count). The van der Waals surface area contributed by atoms with Gasteiger partial charge in [0.15, 0.2) is 0 Å². The molecule has 1 aromatic carbocycles. The van der Waals surface area contributed by atoms with Crippen LogP contribution in [-0.2, 0) is 11.3 Å². The largest absolute Gasteiger partial charge is 0.381 e. The molecule has 2 aromatic rings. The molecule has 2 heterocycles. The van der Waals surface area contributed by atoms with Crippen LogP contribution in [0.3, 0.4) is 0 Å². The molecular formula is C15H19NOS. The molecule has 0 saturated carbocycles. The van der Waals surface area contributed by atoms with E-state index in [1.807, 2.05) is 11.3 Å². The number of hydrogen-bond acceptors (Lipinski definition) is 3. The molecule has 1 atom stereocenters. The quantitative estimate of drug-likeness (QED) is 0.836. The maximum Gasteiger partial charge on any atom is 0.0507 e. The van der Waals surface area contributed by atoms with Crippen molar-refractivity contribution in [2.75, 3.05) is 26.8 Å². The molecule has 0 amide bonds. The number of fused-ring (bicyclic) bond motifs is 1. The summed E-state index contributed by atoms with van der Waals surface area (Å²) >= 11 is 1.91. The highest BCUT2D eigenvalue weighted by molar-refractivity contribution is 7.19. The summed E-state index contributed by atoms with van der Waals surface area (Å²) in [4.78, 5) is 3.88. The molecule has 1 aliphatic heterocycles. The number of rotatable bonds is 4. The smallest absolute Gasteiger partial charge is 0.0507 e. The van der Waals surface area contributed by atoms with Gasteiger partial charge in [-0.05, 0) is 36.9 Å². The van der Waals surface area contributed by atoms with Crippen LogP contribution < -0.4 is 0 Å². The van der Waals surface area contributed by atoms with E-state index in [-0.39, 0.29) is 0 Å². The summed E-state index contributed by atoms with van der Waals surface area (Å²) in [5.74, 6) is 0.726. The fraction of sp³-hybridized carbons (Fsp3) is 0.467. The van der Waals surface area contributed by atoms with Gasteiger partial charge in [-0.1, -0.05) is 18.2 Å². The standard InChI is InChI=1S/C15H19NOS/c1-16(9-12-6-7-17-11-12)10-14-8-13-4-2-3-5-15(13)18-14/h2-5,8,12H,6-7,9-11H2,1H3. The van der Waals surface area contributed by atoms with Crippen molar-refractivity contribution in [2.45, 2.75) is 13.0 Å². The third-order valence-electron chi connectivity index (χ3n) is 3.50. The van der Waals surface area contributed by atoms with E-state index in [0.717, 1.165) is 32.2 Å². The molecule has 0 radical (unpaired) electrons. The van der Waals surface area contributed by atoms with Crippen LogP contribution in [0.5, 0.6) is 0 Å². The van der Waals surface area contributed by atoms with Crippen LogP contribution in [0.4, 0.5) is 0 Å². The SMILES string of the molecule is CN(Cc1cc2ccccc2s1)CC1CCOC1. The fourth-order valence-corrected chi connectivity index (χ4v) is 3.76. The molecule has 0 spiro atoms. The number of nitrogens with zero attached hydrogens (tertiary/aromatic N) is 1. The summed E-state index contributed by atoms with van der Waals surface area (Å²) in [6.07, 6.45) is 1.22. The lowest BCUT2D eigenvalue weighted by atomic mass is 10.1. The van der Waals surface area contributed by atoms with Crippen molar-refractivity contribution in [3.8, 4) is 0 Å². The van der Waals surface area contributed by atoms with Gasteiger partial charge in [0.05, 0.1) is 6.61 Å². The van der Waals surface area contributed by atoms with Crippen LogP contribution in [-0.4, -0.2) is 31.7 Å². The first-order valence-electron chi connectivity index (χ1n) is 6.55. The van der Waals surface area contributed by atoms with E-state index in [4.69, 9.17) is 4.74 Å². The first-order valence-corrected chi connectivity index (χ1v) is 7.36. The summed E-state index contributed by atoms with van der Waals surface area (Å²) in [5.41, 5.74) is 0. The number of benzene rings is 1. The topological polar surface area (TPSA) is 12.5 Å². The van der Waals surface area contributed by atoms with Gasteiger partial charge in [-0.2, -0.15) is 0 Å². The molecule has 18 heavy (non-hydrogen) atoms. The van der Waals surface area contributed by atoms with Gasteiger partial charge in [-0.3, -0.25) is 0 Å². The van der Waals surface area contributed by atoms with E-state index in [2.05, 4.69) is 42.3 Å². The van der Waals surface area contributed by atoms with Gasteiger partial charge in [0, 0.05) is 29.3 Å². The highest BCUT2D eigenvalue weighted by Gasteiger charge is 2.17. The summed E-state index contributed by atoms with van der Waals surface area (Å²) in [7, 11) is 2.21. The van der Waals surface area contributed by atoms with Gasteiger partial charge in [-0.15, -0.1) is 11.3 Å². The van der Waals surface area contributed by atoms with Crippen molar-refractivity contribution in [1.29, 1.82) is 0 Å². The van der Waals surface area contributed by atoms with E-state index in [1.54, 1.807) is 0 Å². The van der Waals surface area contributed by atoms with Crippen molar-refractivity contribution in [2.24, 2.45) is 5.92 Å². The molecule has 1 unspecified atom stereocenters. The molecule has 1 fully saturated rings. The van der Waals surface area contributed by atoms with E-state index in [9.17, 15) is 0 Å². The van der Waals surface area contributed by atoms with Crippen LogP contribution in [0.15, 0.2) is 30.3 Å². The van der Waals surface area contributed by atoms with Gasteiger partial charge in [-0.25, -0.2) is 0 Å². The third kappa shape index (κ3) is 2.74. The van der Waals surface area contributed by atoms with Gasteiger partial charge in [0.25, 0.3) is 0 Å². The molecule has 1 aromatic heterocycles. The normalized spacial score (nSPS) is 20.0. The average molecular weight is 261 g/mol. The second-order valence-electron chi connectivity index (χ2n) is 5.18. The zero-order valence-corrected chi connectivity index (χ0v) is 11.6. The molecule has 96 valence electrons. The van der Waals surface area contributed by atoms with Crippen LogP contribution in [0, 0.1) is 5.92 Å². The Labute approximate surface area is 112 Å². The molecular weight excluding hydrogens is 242 g/mol. The lowest BCUT2D eigenvalue weighted by molar-refractivity contribution is 0.173. The summed E-state index contributed by atoms with van der Waals surface area (Å²) in [6, 6.07) is 10.9. The molecule has 3 heteroatoms. The number of ether oxygens (including phenoxy) is 1. The maximum absolute atomic E-state index is 5.43. The second kappa shape index (κ2) is 5.39. The van der Waals surface area contributed by atoms with Crippen LogP contribution in [0.25, 0.3) is 10.1 Å². The van der Waals surface area contributed by atoms with E-state index in [0.29, 0.717) is 0 Å². The molecule has 0 bridgehead atoms. The second-order valence-corrected chi connectivity index (χ2v) is 6.35. The highest BCUT2D eigenvalue weighted by Crippen LogP contribution is 2.26. The Balaban J connectivity index is 1.64. The van der Waals surface area contributed by atoms with Crippen molar-refractivity contribution in [3.63, 3.8) is 0 Å². The molecule has 1 saturated heterocycles. The Morgan fingerprint density at radius 3 is 3.06 bits per heavy atom. The average Bonchev–Trinajstić information content (AvgIpc) is 2.96. The number of hydrogen-bond donors (Lipinski definition) is 0. The summed E-state index contributed by atoms with van der Waals surface area (Å²) in [6.45, 7) is 4.09. The first-order chi connectivity index (χ1) is 8.81. The van der Waals surface area contributed by atoms with Crippen molar-refractivity contribution >= 4 is 21.4 Å². The van der Waals surface area contributed by atoms with Gasteiger partial charge in [0.2, 0.25) is 0 Å². The maximum atomic E-state index is 5.43. The lowest BCUT2D eigenvalue weighted by Crippen LogP contribution is -2.25. The monoisotopic (exact) mass is 261 g/mol. The Bertz CT molecular complexity index is 483. The van der Waals surface area contributed by atoms with Crippen molar-refractivity contribution in [1.82, 2.24) is 4.90 Å². The third-order valence-corrected chi connectivity index (χ3v) is 4.60. The van der Waals surface area contributed by atoms with Crippen LogP contribution >= 0.6 is 11.3 Å². The van der Waals surface area contributed by atoms with E-state index >= 15 is 0 Å². The van der Waals surface area contributed by atoms with E-state index < -0.39 is 0 Å². The minimum atomic E-state index is 0.726. The van der Waals surface area contributed by atoms with Crippen molar-refractivity contribution in [3.05, 3.63) is 35.2 Å². The minimum absolute atomic E-state index is 0.726. The zero-order valence-electron chi connectivity index (χ0n) is 10.8. The lowest BCUT2D eigenvalue weighted by Gasteiger charge is -2.18. The predicted molar refractivity (Wildman–Crippen MR) is 77.1 cm³/mol. The predicted octanol–water partition coefficient (Wildman–Crippen LogP) is 3.37. The van der Waals surface area contributed by atoms with Gasteiger partial charge < -0.3 is 9.64 Å². The minimum Gasteiger partial charge on any atom is -0.381 e. The Hall–Kier alpha value is -0.900. The van der Waals surface area contributed by atoms with Gasteiger partial charge >= 0.3 is 0 Å². The Morgan fingerprint density at radius 1 is 1.39 bits per heavy atom. The molecule has 0 aliphatic carbocycles. The van der Waals surface area contributed by atoms with Crippen molar-refractivity contribution < 1.29 is 4.74 Å². The highest BCUT2D eigenvalue weighted by atomic mass is 32.1. The fourth-order valence-electron chi connectivity index (χ4n) is 2.61. The molecule has 2 nitrogen and oxygen atoms in total. The Kier molecular flexibility index (Phi) is 3.64. The molecule has 1 aliphatic rings. The first kappa shape index (κ1) is 12.2. The number of thiophene rings is 1.